The van der Waals surface area contributed by atoms with Crippen LogP contribution in [0.4, 0.5) is 0 Å². The van der Waals surface area contributed by atoms with Gasteiger partial charge in [0, 0.05) is 0 Å². The van der Waals surface area contributed by atoms with E-state index >= 15 is 0 Å². The van der Waals surface area contributed by atoms with Crippen LogP contribution < -0.4 is 0 Å². The molecule has 0 fully saturated rings. The quantitative estimate of drug-likeness (QED) is 0.802. The molecule has 0 spiro atoms. The van der Waals surface area contributed by atoms with Crippen LogP contribution in [0.2, 0.25) is 14.8 Å². The molecule has 0 atom stereocenters. The minimum atomic E-state index is -3.02. The summed E-state index contributed by atoms with van der Waals surface area (Å²) in [6.07, 6.45) is 0. The van der Waals surface area contributed by atoms with Gasteiger partial charge in [-0.2, -0.15) is 0 Å². The first-order valence-corrected chi connectivity index (χ1v) is 16.8. The SMILES string of the molecule is [CH3][Sn]([CH3])([CH3])[CH2]S(=O)(=O)c1ccccc1. The molecule has 2 nitrogen and oxygen atoms in total. The summed E-state index contributed by atoms with van der Waals surface area (Å²) in [5, 5.41) is 0. The third-order valence-corrected chi connectivity index (χ3v) is 14.6. The average molecular weight is 319 g/mol. The topological polar surface area (TPSA) is 34.1 Å². The van der Waals surface area contributed by atoms with E-state index in [4.69, 9.17) is 0 Å². The van der Waals surface area contributed by atoms with Crippen LogP contribution in [-0.2, 0) is 9.84 Å². The van der Waals surface area contributed by atoms with Gasteiger partial charge in [0.2, 0.25) is 0 Å². The fraction of sp³-hybridized carbons (Fsp3) is 0.400. The Hall–Kier alpha value is -0.0313. The summed E-state index contributed by atoms with van der Waals surface area (Å²) in [7, 11) is -3.02. The van der Waals surface area contributed by atoms with E-state index in [1.54, 1.807) is 24.3 Å². The van der Waals surface area contributed by atoms with E-state index in [0.29, 0.717) is 8.66 Å². The molecule has 0 aliphatic heterocycles. The first kappa shape index (κ1) is 12.0. The van der Waals surface area contributed by atoms with Crippen molar-refractivity contribution >= 4 is 28.2 Å². The molecular formula is C10H16O2SSn. The molecule has 0 aromatic heterocycles. The standard InChI is InChI=1S/C7H7O2S.3CH3.Sn/c1-10(8,9)7-5-3-2-4-6-7;;;;/h2-6H,1H2;3*1H3;. The van der Waals surface area contributed by atoms with Crippen molar-refractivity contribution in [2.75, 3.05) is 3.77 Å². The molecule has 0 unspecified atom stereocenters. The van der Waals surface area contributed by atoms with E-state index in [9.17, 15) is 8.42 Å². The van der Waals surface area contributed by atoms with Gasteiger partial charge in [-0.15, -0.1) is 0 Å². The monoisotopic (exact) mass is 320 g/mol. The van der Waals surface area contributed by atoms with Gasteiger partial charge in [-0.3, -0.25) is 0 Å². The van der Waals surface area contributed by atoms with Crippen LogP contribution in [0.25, 0.3) is 0 Å². The second-order valence-electron chi connectivity index (χ2n) is 4.63. The molecule has 1 aromatic carbocycles. The summed E-state index contributed by atoms with van der Waals surface area (Å²) in [6, 6.07) is 8.72. The number of hydrogen-bond donors (Lipinski definition) is 0. The van der Waals surface area contributed by atoms with E-state index in [-0.39, 0.29) is 0 Å². The van der Waals surface area contributed by atoms with Crippen LogP contribution in [0.15, 0.2) is 35.2 Å². The molecule has 0 radical (unpaired) electrons. The van der Waals surface area contributed by atoms with Crippen molar-refractivity contribution in [2.24, 2.45) is 0 Å². The van der Waals surface area contributed by atoms with Crippen LogP contribution in [0.1, 0.15) is 0 Å². The third-order valence-electron chi connectivity index (χ3n) is 1.73. The van der Waals surface area contributed by atoms with E-state index < -0.39 is 28.2 Å². The normalized spacial score (nSPS) is 12.8. The molecule has 1 rings (SSSR count). The molecule has 78 valence electrons. The van der Waals surface area contributed by atoms with Crippen molar-refractivity contribution in [1.29, 1.82) is 0 Å². The summed E-state index contributed by atoms with van der Waals surface area (Å²) in [4.78, 5) is 6.87. The number of benzene rings is 1. The van der Waals surface area contributed by atoms with Crippen LogP contribution in [-0.4, -0.2) is 30.6 Å². The summed E-state index contributed by atoms with van der Waals surface area (Å²) >= 11 is -2.26. The Morgan fingerprint density at radius 3 is 2.00 bits per heavy atom. The van der Waals surface area contributed by atoms with Crippen molar-refractivity contribution in [3.63, 3.8) is 0 Å². The van der Waals surface area contributed by atoms with Crippen LogP contribution in [0, 0.1) is 0 Å². The second-order valence-corrected chi connectivity index (χ2v) is 23.7. The Kier molecular flexibility index (Phi) is 3.63. The van der Waals surface area contributed by atoms with Gasteiger partial charge < -0.3 is 0 Å². The Morgan fingerprint density at radius 1 is 1.07 bits per heavy atom. The van der Waals surface area contributed by atoms with Gasteiger partial charge in [-0.05, 0) is 0 Å². The molecule has 1 aromatic rings. The van der Waals surface area contributed by atoms with Crippen molar-refractivity contribution in [2.45, 2.75) is 19.7 Å². The van der Waals surface area contributed by atoms with Gasteiger partial charge in [0.05, 0.1) is 0 Å². The Balaban J connectivity index is 2.99. The predicted molar refractivity (Wildman–Crippen MR) is 61.8 cm³/mol. The maximum atomic E-state index is 11.9. The van der Waals surface area contributed by atoms with Crippen molar-refractivity contribution in [3.8, 4) is 0 Å². The third kappa shape index (κ3) is 3.61. The Morgan fingerprint density at radius 2 is 1.57 bits per heavy atom. The van der Waals surface area contributed by atoms with Crippen molar-refractivity contribution < 1.29 is 8.42 Å². The first-order chi connectivity index (χ1) is 6.31. The van der Waals surface area contributed by atoms with Gasteiger partial charge in [0.25, 0.3) is 0 Å². The van der Waals surface area contributed by atoms with E-state index in [1.807, 2.05) is 6.07 Å². The zero-order valence-electron chi connectivity index (χ0n) is 8.82. The van der Waals surface area contributed by atoms with E-state index in [0.717, 1.165) is 0 Å². The maximum absolute atomic E-state index is 11.9. The molecule has 0 N–H and O–H groups in total. The van der Waals surface area contributed by atoms with Gasteiger partial charge in [-0.1, -0.05) is 0 Å². The number of sulfone groups is 1. The van der Waals surface area contributed by atoms with Crippen LogP contribution in [0.5, 0.6) is 0 Å². The van der Waals surface area contributed by atoms with Crippen molar-refractivity contribution in [3.05, 3.63) is 30.3 Å². The summed E-state index contributed by atoms with van der Waals surface area (Å²) in [5.41, 5.74) is 0. The van der Waals surface area contributed by atoms with Crippen molar-refractivity contribution in [1.82, 2.24) is 0 Å². The van der Waals surface area contributed by atoms with Crippen LogP contribution >= 0.6 is 0 Å². The molecule has 0 saturated heterocycles. The fourth-order valence-corrected chi connectivity index (χ4v) is 14.3. The summed E-state index contributed by atoms with van der Waals surface area (Å²) in [5.74, 6) is 0. The molecular weight excluding hydrogens is 303 g/mol. The molecule has 0 amide bonds. The molecule has 0 aliphatic rings. The zero-order valence-corrected chi connectivity index (χ0v) is 12.5. The molecule has 0 saturated carbocycles. The summed E-state index contributed by atoms with van der Waals surface area (Å²) < 4.78 is 24.2. The molecule has 0 heterocycles. The van der Waals surface area contributed by atoms with Gasteiger partial charge in [-0.25, -0.2) is 0 Å². The fourth-order valence-electron chi connectivity index (χ4n) is 1.28. The number of hydrogen-bond acceptors (Lipinski definition) is 2. The van der Waals surface area contributed by atoms with Gasteiger partial charge >= 0.3 is 90.4 Å². The zero-order chi connectivity index (χ0) is 10.8. The molecule has 14 heavy (non-hydrogen) atoms. The average Bonchev–Trinajstić information content (AvgIpc) is 2.01. The number of rotatable bonds is 3. The minimum absolute atomic E-state index is 0.395. The van der Waals surface area contributed by atoms with Gasteiger partial charge in [0.1, 0.15) is 0 Å². The van der Waals surface area contributed by atoms with Crippen LogP contribution in [0.3, 0.4) is 0 Å². The van der Waals surface area contributed by atoms with Gasteiger partial charge in [0.15, 0.2) is 0 Å². The predicted octanol–water partition coefficient (Wildman–Crippen LogP) is 2.34. The van der Waals surface area contributed by atoms with E-state index in [2.05, 4.69) is 14.8 Å². The second kappa shape index (κ2) is 4.23. The Bertz CT molecular complexity index is 390. The molecule has 0 bridgehead atoms. The molecule has 4 heteroatoms. The summed E-state index contributed by atoms with van der Waals surface area (Å²) in [6.45, 7) is 0. The van der Waals surface area contributed by atoms with E-state index in [1.165, 1.54) is 0 Å². The Labute approximate surface area is 90.1 Å². The first-order valence-electron chi connectivity index (χ1n) is 4.59. The molecule has 0 aliphatic carbocycles.